The number of aliphatic hydroxyl groups is 1. The Morgan fingerprint density at radius 2 is 1.83 bits per heavy atom. The Balaban J connectivity index is 2.10. The zero-order valence-corrected chi connectivity index (χ0v) is 17.5. The van der Waals surface area contributed by atoms with Crippen molar-refractivity contribution in [1.29, 1.82) is 0 Å². The summed E-state index contributed by atoms with van der Waals surface area (Å²) in [4.78, 5) is -0.449. The second-order valence-corrected chi connectivity index (χ2v) is 9.08. The van der Waals surface area contributed by atoms with E-state index < -0.39 is 51.1 Å². The number of aliphatic hydroxyl groups excluding tert-OH is 1. The number of rotatable bonds is 5. The summed E-state index contributed by atoms with van der Waals surface area (Å²) in [6.07, 6.45) is -6.72. The van der Waals surface area contributed by atoms with Crippen LogP contribution in [0.25, 0.3) is 10.9 Å². The first-order valence-corrected chi connectivity index (χ1v) is 10.6. The Bertz CT molecular complexity index is 1220. The van der Waals surface area contributed by atoms with Crippen LogP contribution in [-0.4, -0.2) is 30.4 Å². The number of alkyl halides is 3. The van der Waals surface area contributed by atoms with Gasteiger partial charge in [-0.05, 0) is 40.5 Å². The maximum Gasteiger partial charge on any atom is 0.416 e. The number of nitrogens with one attached hydrogen (secondary N) is 1. The van der Waals surface area contributed by atoms with Crippen LogP contribution in [0.4, 0.5) is 27.6 Å². The highest BCUT2D eigenvalue weighted by molar-refractivity contribution is 9.10. The first kappa shape index (κ1) is 22.5. The van der Waals surface area contributed by atoms with E-state index in [4.69, 9.17) is 0 Å². The van der Waals surface area contributed by atoms with Crippen LogP contribution in [-0.2, 0) is 16.6 Å². The Morgan fingerprint density at radius 3 is 2.47 bits per heavy atom. The minimum absolute atomic E-state index is 0.0560. The molecule has 3 aromatic rings. The van der Waals surface area contributed by atoms with Gasteiger partial charge >= 0.3 is 6.18 Å². The largest absolute Gasteiger partial charge is 0.416 e. The van der Waals surface area contributed by atoms with Crippen molar-refractivity contribution in [3.63, 3.8) is 0 Å². The van der Waals surface area contributed by atoms with E-state index in [1.54, 1.807) is 13.0 Å². The molecule has 1 atom stereocenters. The molecule has 0 saturated carbocycles. The van der Waals surface area contributed by atoms with Crippen molar-refractivity contribution in [2.24, 2.45) is 0 Å². The molecular formula is C18H14BrF5N2O3S. The Labute approximate surface area is 176 Å². The van der Waals surface area contributed by atoms with Crippen molar-refractivity contribution in [1.82, 2.24) is 4.57 Å². The molecule has 162 valence electrons. The number of hydrogen-bond acceptors (Lipinski definition) is 3. The lowest BCUT2D eigenvalue weighted by Crippen LogP contribution is -2.32. The van der Waals surface area contributed by atoms with Gasteiger partial charge in [-0.3, -0.25) is 4.72 Å². The van der Waals surface area contributed by atoms with Gasteiger partial charge in [-0.1, -0.05) is 12.1 Å². The van der Waals surface area contributed by atoms with Gasteiger partial charge in [0.2, 0.25) is 0 Å². The fraction of sp³-hybridized carbons (Fsp3) is 0.222. The molecule has 0 saturated heterocycles. The number of aromatic nitrogens is 1. The molecule has 2 aromatic carbocycles. The molecule has 0 aliphatic heterocycles. The minimum Gasteiger partial charge on any atom is -0.382 e. The summed E-state index contributed by atoms with van der Waals surface area (Å²) < 4.78 is 94.4. The van der Waals surface area contributed by atoms with Gasteiger partial charge in [0.05, 0.1) is 16.7 Å². The van der Waals surface area contributed by atoms with Crippen LogP contribution in [0, 0.1) is 18.6 Å². The number of aryl methyl sites for hydroxylation is 1. The zero-order valence-electron chi connectivity index (χ0n) is 15.1. The van der Waals surface area contributed by atoms with Gasteiger partial charge in [0.25, 0.3) is 10.0 Å². The third kappa shape index (κ3) is 4.44. The van der Waals surface area contributed by atoms with E-state index in [1.807, 2.05) is 4.72 Å². The highest BCUT2D eigenvalue weighted by atomic mass is 79.9. The van der Waals surface area contributed by atoms with Crippen LogP contribution in [0.5, 0.6) is 0 Å². The summed E-state index contributed by atoms with van der Waals surface area (Å²) in [6, 6.07) is 5.75. The standard InChI is InChI=1S/C18H14BrF5N2O3S/c1-9-2-3-10-15(4-9)26(8-17(27)18(22,23)24)7-16(10)30(28,29)25-14-6-12(20)11(19)5-13(14)21/h2-7,17,25,27H,8H2,1H3. The monoisotopic (exact) mass is 512 g/mol. The quantitative estimate of drug-likeness (QED) is 0.384. The SMILES string of the molecule is Cc1ccc2c(S(=O)(=O)Nc3cc(F)c(Br)cc3F)cn(CC(O)C(F)(F)F)c2c1. The third-order valence-corrected chi connectivity index (χ3v) is 6.29. The Kier molecular flexibility index (Phi) is 5.87. The molecule has 0 fully saturated rings. The summed E-state index contributed by atoms with van der Waals surface area (Å²) in [5.41, 5.74) is 0.0986. The van der Waals surface area contributed by atoms with Gasteiger partial charge in [-0.15, -0.1) is 0 Å². The van der Waals surface area contributed by atoms with Crippen molar-refractivity contribution in [2.45, 2.75) is 30.6 Å². The maximum atomic E-state index is 14.1. The first-order valence-electron chi connectivity index (χ1n) is 8.31. The molecule has 3 rings (SSSR count). The van der Waals surface area contributed by atoms with Gasteiger partial charge in [-0.2, -0.15) is 13.2 Å². The molecule has 0 amide bonds. The predicted molar refractivity (Wildman–Crippen MR) is 104 cm³/mol. The Morgan fingerprint density at radius 1 is 1.17 bits per heavy atom. The van der Waals surface area contributed by atoms with Gasteiger partial charge < -0.3 is 9.67 Å². The maximum absolute atomic E-state index is 14.1. The number of anilines is 1. The van der Waals surface area contributed by atoms with E-state index in [2.05, 4.69) is 15.9 Å². The lowest BCUT2D eigenvalue weighted by atomic mass is 10.2. The molecule has 1 heterocycles. The number of fused-ring (bicyclic) bond motifs is 1. The van der Waals surface area contributed by atoms with Crippen LogP contribution in [0.15, 0.2) is 45.9 Å². The molecule has 0 radical (unpaired) electrons. The van der Waals surface area contributed by atoms with Crippen molar-refractivity contribution in [2.75, 3.05) is 4.72 Å². The smallest absolute Gasteiger partial charge is 0.382 e. The zero-order chi connectivity index (χ0) is 22.4. The third-order valence-electron chi connectivity index (χ3n) is 4.29. The van der Waals surface area contributed by atoms with Crippen molar-refractivity contribution in [3.05, 3.63) is 58.2 Å². The molecule has 0 aliphatic carbocycles. The van der Waals surface area contributed by atoms with Crippen molar-refractivity contribution in [3.8, 4) is 0 Å². The van der Waals surface area contributed by atoms with Crippen LogP contribution in [0.3, 0.4) is 0 Å². The topological polar surface area (TPSA) is 71.3 Å². The number of halogens is 6. The van der Waals surface area contributed by atoms with Gasteiger partial charge in [0, 0.05) is 23.2 Å². The van der Waals surface area contributed by atoms with Gasteiger partial charge in [-0.25, -0.2) is 17.2 Å². The lowest BCUT2D eigenvalue weighted by molar-refractivity contribution is -0.207. The Hall–Kier alpha value is -2.18. The number of hydrogen-bond donors (Lipinski definition) is 2. The summed E-state index contributed by atoms with van der Waals surface area (Å²) in [5, 5.41) is 9.46. The van der Waals surface area contributed by atoms with E-state index in [-0.39, 0.29) is 15.4 Å². The molecule has 0 bridgehead atoms. The van der Waals surface area contributed by atoms with E-state index in [0.717, 1.165) is 16.8 Å². The number of benzene rings is 2. The molecule has 5 nitrogen and oxygen atoms in total. The minimum atomic E-state index is -4.91. The highest BCUT2D eigenvalue weighted by Crippen LogP contribution is 2.31. The van der Waals surface area contributed by atoms with E-state index in [0.29, 0.717) is 11.6 Å². The second kappa shape index (κ2) is 7.82. The number of sulfonamides is 1. The van der Waals surface area contributed by atoms with Crippen LogP contribution < -0.4 is 4.72 Å². The molecule has 0 aliphatic rings. The van der Waals surface area contributed by atoms with E-state index >= 15 is 0 Å². The van der Waals surface area contributed by atoms with Crippen molar-refractivity contribution < 1.29 is 35.5 Å². The average molecular weight is 513 g/mol. The van der Waals surface area contributed by atoms with Crippen LogP contribution in [0.2, 0.25) is 0 Å². The van der Waals surface area contributed by atoms with Crippen LogP contribution in [0.1, 0.15) is 5.56 Å². The summed E-state index contributed by atoms with van der Waals surface area (Å²) in [5.74, 6) is -1.97. The van der Waals surface area contributed by atoms with Gasteiger partial charge in [0.15, 0.2) is 6.10 Å². The average Bonchev–Trinajstić information content (AvgIpc) is 2.97. The summed E-state index contributed by atoms with van der Waals surface area (Å²) >= 11 is 2.78. The van der Waals surface area contributed by atoms with E-state index in [1.165, 1.54) is 12.1 Å². The van der Waals surface area contributed by atoms with Crippen molar-refractivity contribution >= 4 is 42.5 Å². The molecule has 1 aromatic heterocycles. The first-order chi connectivity index (χ1) is 13.8. The summed E-state index contributed by atoms with van der Waals surface area (Å²) in [7, 11) is -4.51. The van der Waals surface area contributed by atoms with Gasteiger partial charge in [0.1, 0.15) is 16.5 Å². The lowest BCUT2D eigenvalue weighted by Gasteiger charge is -2.15. The normalized spacial score (nSPS) is 13.6. The molecule has 1 unspecified atom stereocenters. The summed E-state index contributed by atoms with van der Waals surface area (Å²) in [6.45, 7) is 0.712. The fourth-order valence-corrected chi connectivity index (χ4v) is 4.42. The second-order valence-electron chi connectivity index (χ2n) is 6.58. The highest BCUT2D eigenvalue weighted by Gasteiger charge is 2.38. The molecular weight excluding hydrogens is 499 g/mol. The number of nitrogens with zero attached hydrogens (tertiary/aromatic N) is 1. The van der Waals surface area contributed by atoms with Crippen LogP contribution >= 0.6 is 15.9 Å². The molecule has 0 spiro atoms. The molecule has 2 N–H and O–H groups in total. The van der Waals surface area contributed by atoms with E-state index in [9.17, 15) is 35.5 Å². The molecule has 30 heavy (non-hydrogen) atoms. The molecule has 12 heteroatoms. The fourth-order valence-electron chi connectivity index (χ4n) is 2.82. The predicted octanol–water partition coefficient (Wildman–Crippen LogP) is 4.71.